The van der Waals surface area contributed by atoms with Gasteiger partial charge in [0, 0.05) is 12.2 Å². The van der Waals surface area contributed by atoms with E-state index in [4.69, 9.17) is 4.74 Å². The lowest BCUT2D eigenvalue weighted by molar-refractivity contribution is -0.121. The summed E-state index contributed by atoms with van der Waals surface area (Å²) in [7, 11) is 0. The minimum absolute atomic E-state index is 0.174. The number of anilines is 1. The number of rotatable bonds is 4. The van der Waals surface area contributed by atoms with Crippen LogP contribution in [0.25, 0.3) is 0 Å². The zero-order valence-corrected chi connectivity index (χ0v) is 17.3. The van der Waals surface area contributed by atoms with Crippen LogP contribution in [0.3, 0.4) is 0 Å². The minimum atomic E-state index is -0.450. The van der Waals surface area contributed by atoms with Crippen molar-refractivity contribution in [2.24, 2.45) is 0 Å². The number of carbonyl (C=O) groups is 2. The van der Waals surface area contributed by atoms with Crippen LogP contribution in [0.5, 0.6) is 0 Å². The van der Waals surface area contributed by atoms with Crippen LogP contribution >= 0.6 is 23.5 Å². The summed E-state index contributed by atoms with van der Waals surface area (Å²) < 4.78 is 5.75. The molecule has 1 saturated heterocycles. The van der Waals surface area contributed by atoms with Crippen LogP contribution in [-0.4, -0.2) is 36.5 Å². The molecule has 0 saturated carbocycles. The van der Waals surface area contributed by atoms with Gasteiger partial charge < -0.3 is 9.64 Å². The fraction of sp³-hybridized carbons (Fsp3) is 0.364. The van der Waals surface area contributed by atoms with Gasteiger partial charge in [-0.2, -0.15) is 0 Å². The van der Waals surface area contributed by atoms with E-state index in [1.54, 1.807) is 17.0 Å². The molecule has 0 bridgehead atoms. The number of para-hydroxylation sites is 1. The van der Waals surface area contributed by atoms with E-state index in [0.29, 0.717) is 16.7 Å². The minimum Gasteiger partial charge on any atom is -0.452 e. The molecule has 2 aliphatic rings. The Balaban J connectivity index is 1.35. The first-order chi connectivity index (χ1) is 13.7. The fourth-order valence-corrected chi connectivity index (χ4v) is 6.43. The van der Waals surface area contributed by atoms with Crippen molar-refractivity contribution in [3.8, 4) is 0 Å². The highest BCUT2D eigenvalue weighted by molar-refractivity contribution is 8.16. The van der Waals surface area contributed by atoms with Crippen molar-refractivity contribution in [1.82, 2.24) is 0 Å². The van der Waals surface area contributed by atoms with E-state index in [2.05, 4.69) is 0 Å². The van der Waals surface area contributed by atoms with E-state index in [0.717, 1.165) is 18.5 Å². The van der Waals surface area contributed by atoms with Crippen molar-refractivity contribution in [2.45, 2.75) is 23.8 Å². The maximum absolute atomic E-state index is 12.6. The lowest BCUT2D eigenvalue weighted by Crippen LogP contribution is -2.38. The van der Waals surface area contributed by atoms with E-state index >= 15 is 0 Å². The van der Waals surface area contributed by atoms with Crippen LogP contribution in [0.2, 0.25) is 0 Å². The summed E-state index contributed by atoms with van der Waals surface area (Å²) in [6.45, 7) is 0.433. The van der Waals surface area contributed by atoms with Gasteiger partial charge in [-0.15, -0.1) is 23.5 Å². The Morgan fingerprint density at radius 2 is 1.75 bits per heavy atom. The van der Waals surface area contributed by atoms with Gasteiger partial charge in [0.05, 0.1) is 10.1 Å². The topological polar surface area (TPSA) is 46.6 Å². The molecule has 2 aromatic carbocycles. The first kappa shape index (κ1) is 19.4. The Morgan fingerprint density at radius 3 is 2.54 bits per heavy atom. The second-order valence-electron chi connectivity index (χ2n) is 6.90. The molecule has 2 aliphatic heterocycles. The summed E-state index contributed by atoms with van der Waals surface area (Å²) in [5.41, 5.74) is 3.82. The molecule has 0 spiro atoms. The molecule has 0 N–H and O–H groups in total. The summed E-state index contributed by atoms with van der Waals surface area (Å²) in [4.78, 5) is 26.7. The summed E-state index contributed by atoms with van der Waals surface area (Å²) in [5.74, 6) is 1.74. The van der Waals surface area contributed by atoms with Gasteiger partial charge in [0.2, 0.25) is 0 Å². The normalized spacial score (nSPS) is 17.1. The Labute approximate surface area is 174 Å². The van der Waals surface area contributed by atoms with Crippen molar-refractivity contribution >= 4 is 41.1 Å². The summed E-state index contributed by atoms with van der Waals surface area (Å²) in [5, 5.41) is 0. The number of amides is 1. The largest absolute Gasteiger partial charge is 0.452 e. The Morgan fingerprint density at radius 1 is 1.00 bits per heavy atom. The van der Waals surface area contributed by atoms with Gasteiger partial charge in [0.25, 0.3) is 5.91 Å². The Bertz CT molecular complexity index is 847. The number of hydrogen-bond donors (Lipinski definition) is 0. The van der Waals surface area contributed by atoms with Gasteiger partial charge in [0.15, 0.2) is 6.61 Å². The fourth-order valence-electron chi connectivity index (χ4n) is 3.54. The molecule has 2 heterocycles. The lowest BCUT2D eigenvalue weighted by Gasteiger charge is -2.29. The van der Waals surface area contributed by atoms with Gasteiger partial charge in [-0.1, -0.05) is 30.3 Å². The lowest BCUT2D eigenvalue weighted by atomic mass is 10.0. The third-order valence-electron chi connectivity index (χ3n) is 4.98. The number of nitrogens with zero attached hydrogens (tertiary/aromatic N) is 1. The van der Waals surface area contributed by atoms with Gasteiger partial charge in [-0.25, -0.2) is 4.79 Å². The number of esters is 1. The van der Waals surface area contributed by atoms with Gasteiger partial charge >= 0.3 is 5.97 Å². The quantitative estimate of drug-likeness (QED) is 0.681. The van der Waals surface area contributed by atoms with E-state index in [9.17, 15) is 9.59 Å². The molecule has 0 aromatic heterocycles. The van der Waals surface area contributed by atoms with Crippen molar-refractivity contribution < 1.29 is 14.3 Å². The molecule has 4 rings (SSSR count). The smallest absolute Gasteiger partial charge is 0.338 e. The van der Waals surface area contributed by atoms with Crippen LogP contribution < -0.4 is 4.90 Å². The molecule has 146 valence electrons. The maximum Gasteiger partial charge on any atom is 0.338 e. The average Bonchev–Trinajstić information content (AvgIpc) is 2.77. The molecule has 6 heteroatoms. The van der Waals surface area contributed by atoms with E-state index in [1.165, 1.54) is 29.1 Å². The summed E-state index contributed by atoms with van der Waals surface area (Å²) >= 11 is 3.90. The maximum atomic E-state index is 12.6. The highest BCUT2D eigenvalue weighted by Gasteiger charge is 2.23. The molecule has 0 atom stereocenters. The molecule has 1 fully saturated rings. The van der Waals surface area contributed by atoms with E-state index in [1.807, 2.05) is 59.9 Å². The van der Waals surface area contributed by atoms with Crippen LogP contribution in [0.1, 0.15) is 38.9 Å². The van der Waals surface area contributed by atoms with E-state index in [-0.39, 0.29) is 12.5 Å². The number of benzene rings is 2. The van der Waals surface area contributed by atoms with Crippen LogP contribution in [0, 0.1) is 0 Å². The third-order valence-corrected chi connectivity index (χ3v) is 8.00. The second-order valence-corrected chi connectivity index (χ2v) is 9.63. The molecule has 2 aromatic rings. The zero-order valence-electron chi connectivity index (χ0n) is 15.6. The highest BCUT2D eigenvalue weighted by atomic mass is 32.2. The summed E-state index contributed by atoms with van der Waals surface area (Å²) in [6, 6.07) is 15.5. The zero-order chi connectivity index (χ0) is 19.3. The van der Waals surface area contributed by atoms with Gasteiger partial charge in [0.1, 0.15) is 0 Å². The van der Waals surface area contributed by atoms with Crippen LogP contribution in [0.4, 0.5) is 5.69 Å². The van der Waals surface area contributed by atoms with Crippen molar-refractivity contribution in [1.29, 1.82) is 0 Å². The Kier molecular flexibility index (Phi) is 6.27. The summed E-state index contributed by atoms with van der Waals surface area (Å²) in [6.07, 6.45) is 3.16. The van der Waals surface area contributed by atoms with Crippen LogP contribution in [-0.2, 0) is 16.0 Å². The van der Waals surface area contributed by atoms with Crippen molar-refractivity contribution in [3.05, 3.63) is 65.2 Å². The number of carbonyl (C=O) groups excluding carboxylic acids is 2. The van der Waals surface area contributed by atoms with Gasteiger partial charge in [-0.05, 0) is 60.1 Å². The molecule has 0 unspecified atom stereocenters. The number of hydrogen-bond acceptors (Lipinski definition) is 5. The number of fused-ring (bicyclic) bond motifs is 1. The van der Waals surface area contributed by atoms with E-state index < -0.39 is 5.97 Å². The predicted molar refractivity (Wildman–Crippen MR) is 116 cm³/mol. The first-order valence-electron chi connectivity index (χ1n) is 9.61. The molecule has 0 aliphatic carbocycles. The molecule has 0 radical (unpaired) electrons. The van der Waals surface area contributed by atoms with Gasteiger partial charge in [-0.3, -0.25) is 4.79 Å². The number of ether oxygens (including phenoxy) is 1. The standard InChI is InChI=1S/C22H23NO3S2/c24-20(23-12-3-6-16-5-1-2-7-19(16)23)15-26-21(25)17-8-10-18(11-9-17)22-27-13-4-14-28-22/h1-2,5,7-11,22H,3-4,6,12-15H2. The molecule has 28 heavy (non-hydrogen) atoms. The van der Waals surface area contributed by atoms with Crippen LogP contribution in [0.15, 0.2) is 48.5 Å². The van der Waals surface area contributed by atoms with Crippen molar-refractivity contribution in [2.75, 3.05) is 29.6 Å². The number of aryl methyl sites for hydroxylation is 1. The first-order valence-corrected chi connectivity index (χ1v) is 11.7. The highest BCUT2D eigenvalue weighted by Crippen LogP contribution is 2.43. The molecular weight excluding hydrogens is 390 g/mol. The van der Waals surface area contributed by atoms with Crippen molar-refractivity contribution in [3.63, 3.8) is 0 Å². The molecular formula is C22H23NO3S2. The molecule has 1 amide bonds. The third kappa shape index (κ3) is 4.39. The SMILES string of the molecule is O=C(OCC(=O)N1CCCc2ccccc21)c1ccc(C2SCCCS2)cc1. The second kappa shape index (κ2) is 9.05. The predicted octanol–water partition coefficient (Wildman–Crippen LogP) is 4.69. The average molecular weight is 414 g/mol. The number of thioether (sulfide) groups is 2. The Hall–Kier alpha value is -1.92. The monoisotopic (exact) mass is 413 g/mol. The molecule has 4 nitrogen and oxygen atoms in total.